The highest BCUT2D eigenvalue weighted by Crippen LogP contribution is 1.60. The molecule has 0 rings (SSSR count). The Morgan fingerprint density at radius 2 is 1.50 bits per heavy atom. The quantitative estimate of drug-likeness (QED) is 0.583. The fourth-order valence-electron chi connectivity index (χ4n) is 0. The summed E-state index contributed by atoms with van der Waals surface area (Å²) in [6, 6.07) is 0. The van der Waals surface area contributed by atoms with Crippen LogP contribution in [0.25, 0.3) is 0 Å². The van der Waals surface area contributed by atoms with Gasteiger partial charge >= 0.3 is 0 Å². The summed E-state index contributed by atoms with van der Waals surface area (Å²) in [6.07, 6.45) is 1.25. The third-order valence-electron chi connectivity index (χ3n) is 0.109. The Morgan fingerprint density at radius 1 is 1.38 bits per heavy atom. The van der Waals surface area contributed by atoms with Crippen LogP contribution in [-0.4, -0.2) is 12.4 Å². The van der Waals surface area contributed by atoms with E-state index in [4.69, 9.17) is 17.3 Å². The molecule has 0 atom stereocenters. The number of hydrogen-bond donors (Lipinski definition) is 1. The molecule has 0 heterocycles. The highest BCUT2D eigenvalue weighted by molar-refractivity contribution is 6.18. The van der Waals surface area contributed by atoms with Crippen LogP contribution < -0.4 is 5.73 Å². The lowest BCUT2D eigenvalue weighted by molar-refractivity contribution is 1.09. The molecule has 0 aliphatic carbocycles. The number of nitrogens with two attached hydrogens (primary N) is 1. The SMILES string of the molecule is CCC.Cl.NCCCl. The van der Waals surface area contributed by atoms with Gasteiger partial charge in [-0.15, -0.1) is 24.0 Å². The van der Waals surface area contributed by atoms with Crippen LogP contribution in [0.15, 0.2) is 0 Å². The largest absolute Gasteiger partial charge is 0.329 e. The molecular weight excluding hydrogens is 145 g/mol. The van der Waals surface area contributed by atoms with Crippen LogP contribution in [0.4, 0.5) is 0 Å². The topological polar surface area (TPSA) is 26.0 Å². The van der Waals surface area contributed by atoms with Gasteiger partial charge in [-0.2, -0.15) is 0 Å². The average molecular weight is 160 g/mol. The summed E-state index contributed by atoms with van der Waals surface area (Å²) in [6.45, 7) is 4.83. The molecular formula is C5H15Cl2N. The van der Waals surface area contributed by atoms with Crippen molar-refractivity contribution in [1.82, 2.24) is 0 Å². The first kappa shape index (κ1) is 15.8. The first-order valence-electron chi connectivity index (χ1n) is 2.59. The van der Waals surface area contributed by atoms with Crippen molar-refractivity contribution in [3.05, 3.63) is 0 Å². The zero-order valence-corrected chi connectivity index (χ0v) is 7.06. The van der Waals surface area contributed by atoms with E-state index >= 15 is 0 Å². The maximum absolute atomic E-state index is 5.06. The predicted octanol–water partition coefficient (Wildman–Crippen LogP) is 2.02. The van der Waals surface area contributed by atoms with Gasteiger partial charge in [0.15, 0.2) is 0 Å². The molecule has 2 N–H and O–H groups in total. The van der Waals surface area contributed by atoms with Crippen LogP contribution >= 0.6 is 24.0 Å². The molecule has 0 bridgehead atoms. The summed E-state index contributed by atoms with van der Waals surface area (Å²) < 4.78 is 0. The molecule has 0 aliphatic heterocycles. The van der Waals surface area contributed by atoms with E-state index in [0.717, 1.165) is 0 Å². The van der Waals surface area contributed by atoms with Gasteiger partial charge in [-0.1, -0.05) is 20.3 Å². The van der Waals surface area contributed by atoms with Crippen LogP contribution in [0.5, 0.6) is 0 Å². The minimum atomic E-state index is 0. The minimum absolute atomic E-state index is 0. The Hall–Kier alpha value is 0.540. The van der Waals surface area contributed by atoms with Crippen LogP contribution in [0.2, 0.25) is 0 Å². The Balaban J connectivity index is -0.0000000575. The van der Waals surface area contributed by atoms with Crippen LogP contribution in [0.1, 0.15) is 20.3 Å². The molecule has 0 saturated heterocycles. The first-order chi connectivity index (χ1) is 3.33. The molecule has 0 aromatic rings. The molecule has 0 spiro atoms. The Kier molecular flexibility index (Phi) is 50.9. The van der Waals surface area contributed by atoms with Crippen molar-refractivity contribution >= 4 is 24.0 Å². The van der Waals surface area contributed by atoms with E-state index in [1.165, 1.54) is 6.42 Å². The highest BCUT2D eigenvalue weighted by atomic mass is 35.5. The van der Waals surface area contributed by atoms with E-state index in [2.05, 4.69) is 13.8 Å². The number of rotatable bonds is 1. The van der Waals surface area contributed by atoms with E-state index in [1.807, 2.05) is 0 Å². The van der Waals surface area contributed by atoms with Crippen molar-refractivity contribution in [2.24, 2.45) is 5.73 Å². The molecule has 1 nitrogen and oxygen atoms in total. The summed E-state index contributed by atoms with van der Waals surface area (Å²) in [7, 11) is 0. The second-order valence-electron chi connectivity index (χ2n) is 1.18. The van der Waals surface area contributed by atoms with Crippen LogP contribution in [0.3, 0.4) is 0 Å². The van der Waals surface area contributed by atoms with Crippen molar-refractivity contribution in [3.63, 3.8) is 0 Å². The van der Waals surface area contributed by atoms with Crippen molar-refractivity contribution < 1.29 is 0 Å². The standard InChI is InChI=1S/C3H8.C2H6ClN.ClH/c1-3-2;3-1-2-4;/h3H2,1-2H3;1-2,4H2;1H. The minimum Gasteiger partial charge on any atom is -0.329 e. The van der Waals surface area contributed by atoms with Gasteiger partial charge in [0.2, 0.25) is 0 Å². The molecule has 0 saturated carbocycles. The second-order valence-corrected chi connectivity index (χ2v) is 1.56. The van der Waals surface area contributed by atoms with Gasteiger partial charge in [0, 0.05) is 12.4 Å². The lowest BCUT2D eigenvalue weighted by atomic mass is 10.6. The number of halogens is 2. The monoisotopic (exact) mass is 159 g/mol. The molecule has 0 aromatic carbocycles. The maximum atomic E-state index is 5.06. The summed E-state index contributed by atoms with van der Waals surface area (Å²) in [5.74, 6) is 0.569. The molecule has 0 aliphatic rings. The van der Waals surface area contributed by atoms with Crippen molar-refractivity contribution in [2.75, 3.05) is 12.4 Å². The zero-order chi connectivity index (χ0) is 6.12. The van der Waals surface area contributed by atoms with Gasteiger partial charge in [0.25, 0.3) is 0 Å². The maximum Gasteiger partial charge on any atom is 0.0346 e. The summed E-state index contributed by atoms with van der Waals surface area (Å²) >= 11 is 5.06. The highest BCUT2D eigenvalue weighted by Gasteiger charge is 1.58. The fourth-order valence-corrected chi connectivity index (χ4v) is 0. The Labute approximate surface area is 63.0 Å². The lowest BCUT2D eigenvalue weighted by Crippen LogP contribution is -1.97. The number of alkyl halides is 1. The van der Waals surface area contributed by atoms with Crippen LogP contribution in [-0.2, 0) is 0 Å². The van der Waals surface area contributed by atoms with E-state index in [0.29, 0.717) is 12.4 Å². The van der Waals surface area contributed by atoms with Crippen molar-refractivity contribution in [3.8, 4) is 0 Å². The smallest absolute Gasteiger partial charge is 0.0346 e. The summed E-state index contributed by atoms with van der Waals surface area (Å²) in [4.78, 5) is 0. The average Bonchev–Trinajstić information content (AvgIpc) is 1.69. The molecule has 0 radical (unpaired) electrons. The molecule has 0 unspecified atom stereocenters. The second kappa shape index (κ2) is 25.7. The third-order valence-corrected chi connectivity index (χ3v) is 0.327. The normalized spacial score (nSPS) is 6.00. The zero-order valence-electron chi connectivity index (χ0n) is 5.48. The summed E-state index contributed by atoms with van der Waals surface area (Å²) in [5, 5.41) is 0. The lowest BCUT2D eigenvalue weighted by Gasteiger charge is -1.68. The van der Waals surface area contributed by atoms with Gasteiger partial charge in [-0.3, -0.25) is 0 Å². The molecule has 0 amide bonds. The van der Waals surface area contributed by atoms with Gasteiger partial charge < -0.3 is 5.73 Å². The fraction of sp³-hybridized carbons (Fsp3) is 1.00. The van der Waals surface area contributed by atoms with E-state index in [1.54, 1.807) is 0 Å². The third kappa shape index (κ3) is 84.6. The molecule has 54 valence electrons. The van der Waals surface area contributed by atoms with E-state index in [-0.39, 0.29) is 12.4 Å². The first-order valence-corrected chi connectivity index (χ1v) is 3.12. The van der Waals surface area contributed by atoms with Gasteiger partial charge in [0.05, 0.1) is 0 Å². The Morgan fingerprint density at radius 3 is 1.50 bits per heavy atom. The molecule has 0 fully saturated rings. The molecule has 0 aromatic heterocycles. The van der Waals surface area contributed by atoms with Gasteiger partial charge in [0.1, 0.15) is 0 Å². The predicted molar refractivity (Wildman–Crippen MR) is 43.0 cm³/mol. The van der Waals surface area contributed by atoms with Gasteiger partial charge in [-0.05, 0) is 0 Å². The van der Waals surface area contributed by atoms with Crippen LogP contribution in [0, 0.1) is 0 Å². The number of hydrogen-bond acceptors (Lipinski definition) is 1. The van der Waals surface area contributed by atoms with Crippen molar-refractivity contribution in [1.29, 1.82) is 0 Å². The van der Waals surface area contributed by atoms with Gasteiger partial charge in [-0.25, -0.2) is 0 Å². The molecule has 8 heavy (non-hydrogen) atoms. The van der Waals surface area contributed by atoms with Crippen molar-refractivity contribution in [2.45, 2.75) is 20.3 Å². The Bertz CT molecular complexity index is 17.9. The molecule has 3 heteroatoms. The van der Waals surface area contributed by atoms with E-state index in [9.17, 15) is 0 Å². The summed E-state index contributed by atoms with van der Waals surface area (Å²) in [5.41, 5.74) is 4.90. The van der Waals surface area contributed by atoms with E-state index < -0.39 is 0 Å².